The SMILES string of the molecule is COc1ccc(C(=O)Nc2ccc(F)c(C34CCCOC3SN(C)C(N)=N4)c2)nc1. The number of aromatic nitrogens is 1. The molecule has 2 atom stereocenters. The molecule has 8 nitrogen and oxygen atoms in total. The van der Waals surface area contributed by atoms with Gasteiger partial charge in [-0.3, -0.25) is 9.10 Å². The Morgan fingerprint density at radius 1 is 1.43 bits per heavy atom. The van der Waals surface area contributed by atoms with Crippen molar-refractivity contribution in [3.05, 3.63) is 53.6 Å². The van der Waals surface area contributed by atoms with Crippen LogP contribution in [0.25, 0.3) is 0 Å². The van der Waals surface area contributed by atoms with E-state index in [1.54, 1.807) is 29.6 Å². The normalized spacial score (nSPS) is 23.4. The predicted octanol–water partition coefficient (Wildman–Crippen LogP) is 2.72. The number of fused-ring (bicyclic) bond motifs is 1. The average molecular weight is 431 g/mol. The summed E-state index contributed by atoms with van der Waals surface area (Å²) in [5, 5.41) is 2.77. The molecule has 1 fully saturated rings. The highest BCUT2D eigenvalue weighted by molar-refractivity contribution is 7.98. The smallest absolute Gasteiger partial charge is 0.274 e. The summed E-state index contributed by atoms with van der Waals surface area (Å²) in [7, 11) is 3.31. The van der Waals surface area contributed by atoms with Crippen LogP contribution in [0.3, 0.4) is 0 Å². The van der Waals surface area contributed by atoms with E-state index in [2.05, 4.69) is 15.3 Å². The quantitative estimate of drug-likeness (QED) is 0.718. The third-order valence-electron chi connectivity index (χ3n) is 5.15. The third-order valence-corrected chi connectivity index (χ3v) is 6.37. The second kappa shape index (κ2) is 8.11. The summed E-state index contributed by atoms with van der Waals surface area (Å²) in [4.78, 5) is 21.3. The number of hydrogen-bond donors (Lipinski definition) is 2. The number of amides is 1. The van der Waals surface area contributed by atoms with Gasteiger partial charge in [0.05, 0.1) is 13.3 Å². The van der Waals surface area contributed by atoms with E-state index in [4.69, 9.17) is 15.2 Å². The highest BCUT2D eigenvalue weighted by atomic mass is 32.2. The van der Waals surface area contributed by atoms with E-state index >= 15 is 0 Å². The first-order chi connectivity index (χ1) is 14.4. The van der Waals surface area contributed by atoms with Gasteiger partial charge in [-0.15, -0.1) is 0 Å². The predicted molar refractivity (Wildman–Crippen MR) is 113 cm³/mol. The molecule has 1 saturated heterocycles. The zero-order valence-corrected chi connectivity index (χ0v) is 17.4. The summed E-state index contributed by atoms with van der Waals surface area (Å²) in [6.07, 6.45) is 2.78. The lowest BCUT2D eigenvalue weighted by Gasteiger charge is -2.45. The van der Waals surface area contributed by atoms with Gasteiger partial charge in [-0.1, -0.05) is 0 Å². The van der Waals surface area contributed by atoms with Gasteiger partial charge in [-0.2, -0.15) is 0 Å². The van der Waals surface area contributed by atoms with Gasteiger partial charge in [0, 0.05) is 24.9 Å². The first-order valence-corrected chi connectivity index (χ1v) is 10.3. The molecule has 2 aliphatic heterocycles. The van der Waals surface area contributed by atoms with Gasteiger partial charge < -0.3 is 20.5 Å². The van der Waals surface area contributed by atoms with Crippen LogP contribution in [0.15, 0.2) is 41.5 Å². The van der Waals surface area contributed by atoms with Crippen molar-refractivity contribution in [2.24, 2.45) is 10.7 Å². The number of rotatable bonds is 4. The Balaban J connectivity index is 1.66. The molecule has 0 spiro atoms. The molecule has 2 unspecified atom stereocenters. The summed E-state index contributed by atoms with van der Waals surface area (Å²) < 4.78 is 27.6. The van der Waals surface area contributed by atoms with E-state index in [-0.39, 0.29) is 5.69 Å². The van der Waals surface area contributed by atoms with E-state index in [0.29, 0.717) is 36.0 Å². The molecule has 0 bridgehead atoms. The molecular weight excluding hydrogens is 409 g/mol. The maximum absolute atomic E-state index is 15.0. The maximum Gasteiger partial charge on any atom is 0.274 e. The molecule has 2 aliphatic rings. The number of aliphatic imine (C=N–C) groups is 1. The van der Waals surface area contributed by atoms with Crippen molar-refractivity contribution in [1.82, 2.24) is 9.29 Å². The van der Waals surface area contributed by atoms with Crippen LogP contribution < -0.4 is 15.8 Å². The number of halogens is 1. The largest absolute Gasteiger partial charge is 0.495 e. The highest BCUT2D eigenvalue weighted by Gasteiger charge is 2.49. The second-order valence-corrected chi connectivity index (χ2v) is 8.22. The average Bonchev–Trinajstić information content (AvgIpc) is 2.76. The summed E-state index contributed by atoms with van der Waals surface area (Å²) in [6.45, 7) is 0.573. The minimum absolute atomic E-state index is 0.218. The van der Waals surface area contributed by atoms with Gasteiger partial charge in [0.25, 0.3) is 5.91 Å². The molecule has 30 heavy (non-hydrogen) atoms. The van der Waals surface area contributed by atoms with Crippen LogP contribution >= 0.6 is 11.9 Å². The number of nitrogens with zero attached hydrogens (tertiary/aromatic N) is 3. The first kappa shape index (κ1) is 20.4. The van der Waals surface area contributed by atoms with Crippen molar-refractivity contribution in [2.75, 3.05) is 26.1 Å². The Kier molecular flexibility index (Phi) is 5.52. The highest BCUT2D eigenvalue weighted by Crippen LogP contribution is 2.48. The van der Waals surface area contributed by atoms with Crippen LogP contribution in [0.5, 0.6) is 5.75 Å². The number of ether oxygens (including phenoxy) is 2. The molecule has 10 heteroatoms. The number of pyridine rings is 1. The van der Waals surface area contributed by atoms with E-state index in [1.165, 1.54) is 37.4 Å². The first-order valence-electron chi connectivity index (χ1n) is 9.42. The fourth-order valence-electron chi connectivity index (χ4n) is 3.57. The number of carbonyl (C=O) groups excluding carboxylic acids is 1. The summed E-state index contributed by atoms with van der Waals surface area (Å²) in [6, 6.07) is 7.63. The van der Waals surface area contributed by atoms with Crippen molar-refractivity contribution in [2.45, 2.75) is 23.8 Å². The lowest BCUT2D eigenvalue weighted by molar-refractivity contribution is 0.00805. The minimum Gasteiger partial charge on any atom is -0.495 e. The van der Waals surface area contributed by atoms with Crippen molar-refractivity contribution in [3.8, 4) is 5.75 Å². The Morgan fingerprint density at radius 3 is 3.00 bits per heavy atom. The van der Waals surface area contributed by atoms with Crippen molar-refractivity contribution in [1.29, 1.82) is 0 Å². The van der Waals surface area contributed by atoms with E-state index in [9.17, 15) is 9.18 Å². The fraction of sp³-hybridized carbons (Fsp3) is 0.350. The van der Waals surface area contributed by atoms with Crippen LogP contribution in [0.2, 0.25) is 0 Å². The number of guanidine groups is 1. The van der Waals surface area contributed by atoms with Crippen LogP contribution in [0, 0.1) is 5.82 Å². The van der Waals surface area contributed by atoms with Crippen molar-refractivity contribution in [3.63, 3.8) is 0 Å². The second-order valence-electron chi connectivity index (χ2n) is 7.04. The van der Waals surface area contributed by atoms with Gasteiger partial charge >= 0.3 is 0 Å². The zero-order valence-electron chi connectivity index (χ0n) is 16.6. The van der Waals surface area contributed by atoms with Gasteiger partial charge in [-0.25, -0.2) is 14.4 Å². The van der Waals surface area contributed by atoms with Crippen molar-refractivity contribution >= 4 is 29.5 Å². The van der Waals surface area contributed by atoms with Crippen molar-refractivity contribution < 1.29 is 18.7 Å². The van der Waals surface area contributed by atoms with Gasteiger partial charge in [0.1, 0.15) is 22.8 Å². The van der Waals surface area contributed by atoms with E-state index in [1.807, 2.05) is 0 Å². The molecule has 0 saturated carbocycles. The number of nitrogens with one attached hydrogen (secondary N) is 1. The van der Waals surface area contributed by atoms with E-state index in [0.717, 1.165) is 6.42 Å². The van der Waals surface area contributed by atoms with Gasteiger partial charge in [-0.05, 0) is 55.1 Å². The Labute approximate surface area is 177 Å². The van der Waals surface area contributed by atoms with Gasteiger partial charge in [0.2, 0.25) is 5.96 Å². The Bertz CT molecular complexity index is 987. The lowest BCUT2D eigenvalue weighted by Crippen LogP contribution is -2.51. The number of anilines is 1. The number of methoxy groups -OCH3 is 1. The number of nitrogens with two attached hydrogens (primary N) is 1. The summed E-state index contributed by atoms with van der Waals surface area (Å²) in [5.41, 5.74) is 5.70. The zero-order chi connectivity index (χ0) is 21.3. The standard InChI is InChI=1S/C20H22FN5O3S/c1-26-19(22)25-20(8-3-9-29-18(20)30-26)14-10-12(4-6-15(14)21)24-17(27)16-7-5-13(28-2)11-23-16/h4-7,10-11,18H,3,8-9H2,1-2H3,(H2,22,25)(H,24,27). The molecule has 1 amide bonds. The summed E-state index contributed by atoms with van der Waals surface area (Å²) >= 11 is 1.38. The molecule has 3 N–H and O–H groups in total. The molecular formula is C20H22FN5O3S. The minimum atomic E-state index is -0.956. The van der Waals surface area contributed by atoms with Crippen LogP contribution in [-0.4, -0.2) is 47.4 Å². The molecule has 1 aromatic carbocycles. The van der Waals surface area contributed by atoms with Gasteiger partial charge in [0.15, 0.2) is 5.44 Å². The fourth-order valence-corrected chi connectivity index (χ4v) is 4.64. The van der Waals surface area contributed by atoms with Crippen LogP contribution in [-0.2, 0) is 10.3 Å². The summed E-state index contributed by atoms with van der Waals surface area (Å²) in [5.74, 6) is 0.0176. The lowest BCUT2D eigenvalue weighted by atomic mass is 9.84. The van der Waals surface area contributed by atoms with E-state index < -0.39 is 22.7 Å². The molecule has 0 aliphatic carbocycles. The number of benzene rings is 1. The monoisotopic (exact) mass is 431 g/mol. The van der Waals surface area contributed by atoms with Crippen LogP contribution in [0.4, 0.5) is 10.1 Å². The maximum atomic E-state index is 15.0. The molecule has 4 rings (SSSR count). The Morgan fingerprint density at radius 2 is 2.27 bits per heavy atom. The molecule has 0 radical (unpaired) electrons. The number of carbonyl (C=O) groups is 1. The molecule has 1 aromatic heterocycles. The molecule has 158 valence electrons. The molecule has 2 aromatic rings. The van der Waals surface area contributed by atoms with Crippen LogP contribution in [0.1, 0.15) is 28.9 Å². The third kappa shape index (κ3) is 3.68. The molecule has 3 heterocycles. The topological polar surface area (TPSA) is 102 Å². The Hall–Kier alpha value is -2.85. The number of hydrogen-bond acceptors (Lipinski definition) is 8.